The van der Waals surface area contributed by atoms with E-state index in [2.05, 4.69) is 63.5 Å². The van der Waals surface area contributed by atoms with Gasteiger partial charge in [0.15, 0.2) is 0 Å². The van der Waals surface area contributed by atoms with Crippen molar-refractivity contribution in [2.24, 2.45) is 5.92 Å². The molecule has 1 nitrogen and oxygen atoms in total. The van der Waals surface area contributed by atoms with E-state index < -0.39 is 0 Å². The Labute approximate surface area is 112 Å². The number of nitrogens with zero attached hydrogens (tertiary/aromatic N) is 1. The van der Waals surface area contributed by atoms with Crippen molar-refractivity contribution in [1.82, 2.24) is 0 Å². The second-order valence-electron chi connectivity index (χ2n) is 4.44. The van der Waals surface area contributed by atoms with Gasteiger partial charge in [0.2, 0.25) is 0 Å². The molecule has 2 heteroatoms. The number of rotatable bonds is 5. The van der Waals surface area contributed by atoms with E-state index in [0.717, 1.165) is 5.92 Å². The van der Waals surface area contributed by atoms with Crippen molar-refractivity contribution in [3.8, 4) is 0 Å². The minimum Gasteiger partial charge on any atom is -0.379 e. The van der Waals surface area contributed by atoms with Crippen molar-refractivity contribution in [3.63, 3.8) is 0 Å². The first-order valence-corrected chi connectivity index (χ1v) is 5.74. The van der Waals surface area contributed by atoms with Gasteiger partial charge in [-0.05, 0) is 0 Å². The fourth-order valence-electron chi connectivity index (χ4n) is 1.41. The van der Waals surface area contributed by atoms with E-state index in [1.54, 1.807) is 0 Å². The fraction of sp³-hybridized carbons (Fsp3) is 0.500. The molecule has 0 radical (unpaired) electrons. The maximum absolute atomic E-state index is 2.33. The van der Waals surface area contributed by atoms with Crippen molar-refractivity contribution >= 4 is 5.69 Å². The third kappa shape index (κ3) is 5.01. The predicted octanol–water partition coefficient (Wildman–Crippen LogP) is 0.745. The average Bonchev–Trinajstić information content (AvgIpc) is 2.26. The standard InChI is InChI=1S/C14H22N.Li/c1-5-12(2)6-7-13-8-10-14(11-9-13)15(3)4;/h7-12H,5-6H2,1-4H3;/q-1;+1. The molecule has 0 aliphatic rings. The van der Waals surface area contributed by atoms with Crippen LogP contribution in [0.3, 0.4) is 0 Å². The summed E-state index contributed by atoms with van der Waals surface area (Å²) < 4.78 is 0. The van der Waals surface area contributed by atoms with Gasteiger partial charge in [0.1, 0.15) is 0 Å². The molecule has 0 fully saturated rings. The zero-order valence-electron chi connectivity index (χ0n) is 11.3. The largest absolute Gasteiger partial charge is 1.00 e. The zero-order valence-corrected chi connectivity index (χ0v) is 11.3. The van der Waals surface area contributed by atoms with Gasteiger partial charge < -0.3 is 4.90 Å². The Bertz CT molecular complexity index is 279. The third-order valence-corrected chi connectivity index (χ3v) is 2.86. The van der Waals surface area contributed by atoms with Gasteiger partial charge in [0.05, 0.1) is 0 Å². The van der Waals surface area contributed by atoms with Crippen LogP contribution < -0.4 is 23.8 Å². The van der Waals surface area contributed by atoms with E-state index in [9.17, 15) is 0 Å². The maximum atomic E-state index is 2.33. The van der Waals surface area contributed by atoms with Crippen molar-refractivity contribution in [2.75, 3.05) is 19.0 Å². The second-order valence-corrected chi connectivity index (χ2v) is 4.44. The van der Waals surface area contributed by atoms with E-state index >= 15 is 0 Å². The number of hydrogen-bond donors (Lipinski definition) is 0. The summed E-state index contributed by atoms with van der Waals surface area (Å²) in [4.78, 5) is 2.12. The summed E-state index contributed by atoms with van der Waals surface area (Å²) in [5.74, 6) is 0.790. The van der Waals surface area contributed by atoms with E-state index in [1.165, 1.54) is 24.1 Å². The minimum atomic E-state index is 0. The topological polar surface area (TPSA) is 3.24 Å². The summed E-state index contributed by atoms with van der Waals surface area (Å²) in [6.07, 6.45) is 4.76. The predicted molar refractivity (Wildman–Crippen MR) is 68.2 cm³/mol. The summed E-state index contributed by atoms with van der Waals surface area (Å²) in [5.41, 5.74) is 2.59. The molecule has 16 heavy (non-hydrogen) atoms. The van der Waals surface area contributed by atoms with Crippen molar-refractivity contribution in [2.45, 2.75) is 26.7 Å². The molecule has 0 heterocycles. The van der Waals surface area contributed by atoms with E-state index in [4.69, 9.17) is 0 Å². The molecule has 1 aromatic rings. The van der Waals surface area contributed by atoms with Crippen LogP contribution in [-0.4, -0.2) is 14.1 Å². The van der Waals surface area contributed by atoms with E-state index in [1.807, 2.05) is 0 Å². The van der Waals surface area contributed by atoms with Crippen LogP contribution in [-0.2, 0) is 0 Å². The Balaban J connectivity index is 0.00000225. The molecule has 0 spiro atoms. The Morgan fingerprint density at radius 2 is 1.75 bits per heavy atom. The first-order valence-electron chi connectivity index (χ1n) is 5.74. The first kappa shape index (κ1) is 15.5. The van der Waals surface area contributed by atoms with Crippen molar-refractivity contribution < 1.29 is 18.9 Å². The van der Waals surface area contributed by atoms with Gasteiger partial charge in [-0.1, -0.05) is 44.7 Å². The van der Waals surface area contributed by atoms with Gasteiger partial charge in [-0.15, -0.1) is 0 Å². The molecule has 84 valence electrons. The molecule has 1 rings (SSSR count). The van der Waals surface area contributed by atoms with Crippen LogP contribution in [0.1, 0.15) is 32.3 Å². The van der Waals surface area contributed by atoms with Crippen LogP contribution >= 0.6 is 0 Å². The second kappa shape index (κ2) is 7.71. The zero-order chi connectivity index (χ0) is 11.3. The minimum absolute atomic E-state index is 0. The maximum Gasteiger partial charge on any atom is 1.00 e. The molecule has 0 saturated carbocycles. The smallest absolute Gasteiger partial charge is 0.379 e. The summed E-state index contributed by atoms with van der Waals surface area (Å²) in [7, 11) is 4.13. The Kier molecular flexibility index (Phi) is 7.46. The number of anilines is 1. The van der Waals surface area contributed by atoms with Crippen LogP contribution in [0.15, 0.2) is 24.3 Å². The molecular weight excluding hydrogens is 189 g/mol. The molecule has 1 unspecified atom stereocenters. The fourth-order valence-corrected chi connectivity index (χ4v) is 1.41. The van der Waals surface area contributed by atoms with Crippen molar-refractivity contribution in [3.05, 3.63) is 36.2 Å². The quantitative estimate of drug-likeness (QED) is 0.513. The van der Waals surface area contributed by atoms with Crippen LogP contribution in [0.2, 0.25) is 0 Å². The molecule has 0 aliphatic carbocycles. The Morgan fingerprint density at radius 1 is 1.19 bits per heavy atom. The summed E-state index contributed by atoms with van der Waals surface area (Å²) in [6.45, 7) is 4.54. The van der Waals surface area contributed by atoms with Crippen LogP contribution in [0, 0.1) is 12.3 Å². The van der Waals surface area contributed by atoms with Gasteiger partial charge in [0, 0.05) is 19.8 Å². The molecular formula is C14H22LiN. The molecule has 1 aromatic carbocycles. The number of hydrogen-bond acceptors (Lipinski definition) is 1. The van der Waals surface area contributed by atoms with Gasteiger partial charge >= 0.3 is 18.9 Å². The number of benzene rings is 1. The van der Waals surface area contributed by atoms with Crippen LogP contribution in [0.5, 0.6) is 0 Å². The molecule has 0 N–H and O–H groups in total. The van der Waals surface area contributed by atoms with Gasteiger partial charge in [-0.2, -0.15) is 24.1 Å². The molecule has 0 amide bonds. The van der Waals surface area contributed by atoms with Crippen molar-refractivity contribution in [1.29, 1.82) is 0 Å². The average molecular weight is 211 g/mol. The molecule has 0 aliphatic heterocycles. The molecule has 0 bridgehead atoms. The Hall–Kier alpha value is -0.513. The van der Waals surface area contributed by atoms with Gasteiger partial charge in [0.25, 0.3) is 0 Å². The first-order chi connectivity index (χ1) is 7.13. The SMILES string of the molecule is CCC(C)C[CH-]c1ccc(N(C)C)cc1.[Li+]. The Morgan fingerprint density at radius 3 is 2.19 bits per heavy atom. The van der Waals surface area contributed by atoms with Crippen LogP contribution in [0.4, 0.5) is 5.69 Å². The van der Waals surface area contributed by atoms with Gasteiger partial charge in [-0.25, -0.2) is 0 Å². The van der Waals surface area contributed by atoms with Gasteiger partial charge in [-0.3, -0.25) is 0 Å². The molecule has 0 saturated heterocycles. The third-order valence-electron chi connectivity index (χ3n) is 2.86. The summed E-state index contributed by atoms with van der Waals surface area (Å²) >= 11 is 0. The van der Waals surface area contributed by atoms with E-state index in [0.29, 0.717) is 0 Å². The monoisotopic (exact) mass is 211 g/mol. The van der Waals surface area contributed by atoms with E-state index in [-0.39, 0.29) is 18.9 Å². The molecule has 0 aromatic heterocycles. The molecule has 1 atom stereocenters. The van der Waals surface area contributed by atoms with Crippen LogP contribution in [0.25, 0.3) is 0 Å². The summed E-state index contributed by atoms with van der Waals surface area (Å²) in [6, 6.07) is 8.72. The normalized spacial score (nSPS) is 11.5. The summed E-state index contributed by atoms with van der Waals surface area (Å²) in [5, 5.41) is 0.